The summed E-state index contributed by atoms with van der Waals surface area (Å²) < 4.78 is 6.45. The number of carbonyl (C=O) groups excluding carboxylic acids is 1. The topological polar surface area (TPSA) is 128 Å². The minimum absolute atomic E-state index is 0.00250. The standard InChI is InChI=1S/C17H15N7O4S/c1-3-10-4-5-12(29-10)11(25)6-24-20-13(19-21-24)7-23-9-18-16-15(17(23)27)22(2)14(26)8-28-16/h1,4-5,9,11,25H,6-8H2,2H3/t11-/m0/s1. The van der Waals surface area contributed by atoms with E-state index in [1.54, 1.807) is 12.1 Å². The molecule has 29 heavy (non-hydrogen) atoms. The molecule has 11 nitrogen and oxygen atoms in total. The Morgan fingerprint density at radius 1 is 1.41 bits per heavy atom. The van der Waals surface area contributed by atoms with Crippen LogP contribution < -0.4 is 15.2 Å². The molecule has 1 amide bonds. The van der Waals surface area contributed by atoms with Crippen molar-refractivity contribution in [2.45, 2.75) is 19.2 Å². The zero-order valence-corrected chi connectivity index (χ0v) is 16.0. The lowest BCUT2D eigenvalue weighted by atomic mass is 10.3. The molecule has 148 valence electrons. The van der Waals surface area contributed by atoms with E-state index in [4.69, 9.17) is 11.2 Å². The fourth-order valence-electron chi connectivity index (χ4n) is 2.74. The fourth-order valence-corrected chi connectivity index (χ4v) is 3.54. The van der Waals surface area contributed by atoms with Gasteiger partial charge in [-0.2, -0.15) is 4.80 Å². The first kappa shape index (κ1) is 18.8. The molecule has 1 aliphatic rings. The van der Waals surface area contributed by atoms with Gasteiger partial charge in [0.05, 0.1) is 18.0 Å². The van der Waals surface area contributed by atoms with Crippen LogP contribution in [-0.2, 0) is 17.9 Å². The highest BCUT2D eigenvalue weighted by Crippen LogP contribution is 2.24. The molecule has 0 spiro atoms. The number of ether oxygens (including phenoxy) is 1. The number of anilines is 1. The number of thiophene rings is 1. The van der Waals surface area contributed by atoms with Crippen molar-refractivity contribution in [1.29, 1.82) is 0 Å². The van der Waals surface area contributed by atoms with Crippen LogP contribution in [0.3, 0.4) is 0 Å². The highest BCUT2D eigenvalue weighted by Gasteiger charge is 2.27. The molecule has 4 rings (SSSR count). The molecule has 0 saturated carbocycles. The van der Waals surface area contributed by atoms with Crippen LogP contribution in [0.25, 0.3) is 0 Å². The van der Waals surface area contributed by atoms with Crippen molar-refractivity contribution in [2.24, 2.45) is 0 Å². The average Bonchev–Trinajstić information content (AvgIpc) is 3.36. The van der Waals surface area contributed by atoms with Gasteiger partial charge in [0, 0.05) is 11.9 Å². The van der Waals surface area contributed by atoms with Crippen LogP contribution in [0.5, 0.6) is 5.88 Å². The van der Waals surface area contributed by atoms with Crippen LogP contribution in [0, 0.1) is 12.3 Å². The van der Waals surface area contributed by atoms with Crippen LogP contribution >= 0.6 is 11.3 Å². The number of fused-ring (bicyclic) bond motifs is 1. The Hall–Kier alpha value is -3.56. The number of carbonyl (C=O) groups is 1. The quantitative estimate of drug-likeness (QED) is 0.550. The first-order chi connectivity index (χ1) is 14.0. The van der Waals surface area contributed by atoms with Gasteiger partial charge in [0.25, 0.3) is 11.5 Å². The van der Waals surface area contributed by atoms with Crippen LogP contribution in [0.2, 0.25) is 0 Å². The number of aromatic nitrogens is 6. The van der Waals surface area contributed by atoms with E-state index in [9.17, 15) is 14.7 Å². The van der Waals surface area contributed by atoms with Crippen LogP contribution in [0.15, 0.2) is 23.3 Å². The van der Waals surface area contributed by atoms with E-state index >= 15 is 0 Å². The molecule has 4 heterocycles. The minimum atomic E-state index is -0.839. The average molecular weight is 413 g/mol. The van der Waals surface area contributed by atoms with Gasteiger partial charge in [0.2, 0.25) is 5.88 Å². The second kappa shape index (κ2) is 7.46. The van der Waals surface area contributed by atoms with E-state index in [2.05, 4.69) is 26.3 Å². The second-order valence-electron chi connectivity index (χ2n) is 6.20. The third-order valence-corrected chi connectivity index (χ3v) is 5.38. The number of hydrogen-bond donors (Lipinski definition) is 1. The first-order valence-electron chi connectivity index (χ1n) is 8.46. The van der Waals surface area contributed by atoms with E-state index in [0.29, 0.717) is 4.88 Å². The Bertz CT molecular complexity index is 1180. The molecule has 3 aromatic heterocycles. The number of aliphatic hydroxyl groups is 1. The Morgan fingerprint density at radius 3 is 3.00 bits per heavy atom. The lowest BCUT2D eigenvalue weighted by molar-refractivity contribution is -0.121. The summed E-state index contributed by atoms with van der Waals surface area (Å²) in [7, 11) is 1.49. The van der Waals surface area contributed by atoms with E-state index in [1.165, 1.54) is 39.0 Å². The molecule has 3 aromatic rings. The summed E-state index contributed by atoms with van der Waals surface area (Å²) >= 11 is 1.31. The van der Waals surface area contributed by atoms with Crippen molar-refractivity contribution >= 4 is 22.9 Å². The SMILES string of the molecule is C#Cc1ccc([C@@H](O)Cn2nnc(Cn3cnc4c(c3=O)N(C)C(=O)CO4)n2)s1. The number of tetrazole rings is 1. The van der Waals surface area contributed by atoms with E-state index in [1.807, 2.05) is 0 Å². The third kappa shape index (κ3) is 3.60. The molecule has 12 heteroatoms. The summed E-state index contributed by atoms with van der Waals surface area (Å²) in [5.74, 6) is 2.54. The molecule has 0 aliphatic carbocycles. The number of hydrogen-bond acceptors (Lipinski definition) is 9. The molecular formula is C17H15N7O4S. The third-order valence-electron chi connectivity index (χ3n) is 4.26. The van der Waals surface area contributed by atoms with Crippen molar-refractivity contribution in [3.05, 3.63) is 44.4 Å². The second-order valence-corrected chi connectivity index (χ2v) is 7.31. The monoisotopic (exact) mass is 413 g/mol. The van der Waals surface area contributed by atoms with Gasteiger partial charge in [0.15, 0.2) is 18.1 Å². The lowest BCUT2D eigenvalue weighted by Gasteiger charge is -2.24. The van der Waals surface area contributed by atoms with Crippen molar-refractivity contribution < 1.29 is 14.6 Å². The first-order valence-corrected chi connectivity index (χ1v) is 9.28. The molecule has 1 atom stereocenters. The normalized spacial score (nSPS) is 14.2. The Morgan fingerprint density at radius 2 is 2.24 bits per heavy atom. The van der Waals surface area contributed by atoms with E-state index in [-0.39, 0.29) is 43.0 Å². The molecule has 0 aromatic carbocycles. The number of aliphatic hydroxyl groups excluding tert-OH is 1. The highest BCUT2D eigenvalue weighted by molar-refractivity contribution is 7.12. The summed E-state index contributed by atoms with van der Waals surface area (Å²) in [4.78, 5) is 32.4. The number of terminal acetylenes is 1. The van der Waals surface area contributed by atoms with Crippen molar-refractivity contribution in [2.75, 3.05) is 18.6 Å². The maximum Gasteiger partial charge on any atom is 0.281 e. The summed E-state index contributed by atoms with van der Waals surface area (Å²) in [6, 6.07) is 3.50. The van der Waals surface area contributed by atoms with Gasteiger partial charge < -0.3 is 14.7 Å². The molecule has 0 saturated heterocycles. The Kier molecular flexibility index (Phi) is 4.83. The number of rotatable bonds is 5. The maximum atomic E-state index is 12.7. The van der Waals surface area contributed by atoms with Gasteiger partial charge in [-0.25, -0.2) is 4.98 Å². The van der Waals surface area contributed by atoms with Crippen molar-refractivity contribution in [3.63, 3.8) is 0 Å². The van der Waals surface area contributed by atoms with E-state index < -0.39 is 11.7 Å². The molecular weight excluding hydrogens is 398 g/mol. The predicted molar refractivity (Wildman–Crippen MR) is 102 cm³/mol. The predicted octanol–water partition coefficient (Wildman–Crippen LogP) is -0.590. The molecule has 0 radical (unpaired) electrons. The van der Waals surface area contributed by atoms with Gasteiger partial charge in [-0.3, -0.25) is 14.2 Å². The summed E-state index contributed by atoms with van der Waals surface area (Å²) in [5.41, 5.74) is -0.393. The largest absolute Gasteiger partial charge is 0.466 e. The maximum absolute atomic E-state index is 12.7. The van der Waals surface area contributed by atoms with Crippen LogP contribution in [-0.4, -0.2) is 54.4 Å². The number of amides is 1. The molecule has 0 unspecified atom stereocenters. The van der Waals surface area contributed by atoms with Crippen molar-refractivity contribution in [3.8, 4) is 18.2 Å². The van der Waals surface area contributed by atoms with E-state index in [0.717, 1.165) is 4.88 Å². The fraction of sp³-hybridized carbons (Fsp3) is 0.294. The molecule has 0 fully saturated rings. The van der Waals surface area contributed by atoms with Gasteiger partial charge in [0.1, 0.15) is 12.4 Å². The Labute approximate surface area is 168 Å². The minimum Gasteiger partial charge on any atom is -0.466 e. The number of likely N-dealkylation sites (N-methyl/N-ethyl adjacent to an activating group) is 1. The van der Waals surface area contributed by atoms with Crippen LogP contribution in [0.1, 0.15) is 21.7 Å². The zero-order valence-electron chi connectivity index (χ0n) is 15.2. The van der Waals surface area contributed by atoms with Gasteiger partial charge in [-0.05, 0) is 17.3 Å². The molecule has 1 N–H and O–H groups in total. The summed E-state index contributed by atoms with van der Waals surface area (Å²) in [5, 5.41) is 22.3. The lowest BCUT2D eigenvalue weighted by Crippen LogP contribution is -2.41. The van der Waals surface area contributed by atoms with Crippen molar-refractivity contribution in [1.82, 2.24) is 29.8 Å². The smallest absolute Gasteiger partial charge is 0.281 e. The Balaban J connectivity index is 1.50. The summed E-state index contributed by atoms with van der Waals surface area (Å²) in [6.07, 6.45) is 5.80. The van der Waals surface area contributed by atoms with Gasteiger partial charge >= 0.3 is 0 Å². The highest BCUT2D eigenvalue weighted by atomic mass is 32.1. The summed E-state index contributed by atoms with van der Waals surface area (Å²) in [6.45, 7) is -0.0807. The zero-order chi connectivity index (χ0) is 20.5. The van der Waals surface area contributed by atoms with Gasteiger partial charge in [-0.1, -0.05) is 5.92 Å². The molecule has 0 bridgehead atoms. The number of nitrogens with zero attached hydrogens (tertiary/aromatic N) is 7. The van der Waals surface area contributed by atoms with Crippen LogP contribution in [0.4, 0.5) is 5.69 Å². The molecule has 1 aliphatic heterocycles. The van der Waals surface area contributed by atoms with Gasteiger partial charge in [-0.15, -0.1) is 28.0 Å².